The average Bonchev–Trinajstić information content (AvgIpc) is 2.62. The minimum atomic E-state index is -0.568. The number of ether oxygens (including phenoxy) is 1. The van der Waals surface area contributed by atoms with E-state index in [1.54, 1.807) is 0 Å². The van der Waals surface area contributed by atoms with Crippen LogP contribution in [0, 0.1) is 16.7 Å². The van der Waals surface area contributed by atoms with Crippen molar-refractivity contribution in [2.45, 2.75) is 37.8 Å². The molecule has 5 heteroatoms. The molecule has 0 radical (unpaired) electrons. The highest BCUT2D eigenvalue weighted by Gasteiger charge is 2.36. The number of nitriles is 1. The van der Waals surface area contributed by atoms with Crippen molar-refractivity contribution in [1.29, 1.82) is 5.26 Å². The molecule has 1 saturated heterocycles. The minimum absolute atomic E-state index is 0.0426. The molecule has 0 saturated carbocycles. The molecule has 0 bridgehead atoms. The largest absolute Gasteiger partial charge is 0.394 e. The fraction of sp³-hybridized carbons (Fsp3) is 0.632. The van der Waals surface area contributed by atoms with Gasteiger partial charge in [0, 0.05) is 26.3 Å². The SMILES string of the molecule is N#CC1(CC(O)CN2CCc3ccccc3C2CO)CCOCC1. The molecule has 130 valence electrons. The Balaban J connectivity index is 1.66. The predicted molar refractivity (Wildman–Crippen MR) is 90.3 cm³/mol. The van der Waals surface area contributed by atoms with Crippen molar-refractivity contribution >= 4 is 0 Å². The molecule has 5 nitrogen and oxygen atoms in total. The number of β-amino-alcohol motifs (C(OH)–C–C–N with tert-alkyl or cyclic N) is 1. The maximum absolute atomic E-state index is 10.6. The first kappa shape index (κ1) is 17.4. The third-order valence-corrected chi connectivity index (χ3v) is 5.45. The number of aliphatic hydroxyl groups excluding tert-OH is 2. The van der Waals surface area contributed by atoms with Gasteiger partial charge in [0.15, 0.2) is 0 Å². The van der Waals surface area contributed by atoms with E-state index in [0.717, 1.165) is 18.5 Å². The highest BCUT2D eigenvalue weighted by Crippen LogP contribution is 2.36. The topological polar surface area (TPSA) is 76.7 Å². The van der Waals surface area contributed by atoms with Crippen molar-refractivity contribution in [3.8, 4) is 6.07 Å². The summed E-state index contributed by atoms with van der Waals surface area (Å²) in [5.41, 5.74) is 1.96. The lowest BCUT2D eigenvalue weighted by atomic mass is 9.77. The van der Waals surface area contributed by atoms with E-state index < -0.39 is 11.5 Å². The number of benzene rings is 1. The van der Waals surface area contributed by atoms with E-state index in [4.69, 9.17) is 4.74 Å². The monoisotopic (exact) mass is 330 g/mol. The molecule has 3 rings (SSSR count). The van der Waals surface area contributed by atoms with Gasteiger partial charge in [0.1, 0.15) is 0 Å². The second kappa shape index (κ2) is 7.62. The first-order chi connectivity index (χ1) is 11.7. The van der Waals surface area contributed by atoms with Gasteiger partial charge in [0.2, 0.25) is 0 Å². The van der Waals surface area contributed by atoms with Crippen molar-refractivity contribution in [2.24, 2.45) is 5.41 Å². The van der Waals surface area contributed by atoms with Crippen LogP contribution in [-0.4, -0.2) is 54.1 Å². The number of rotatable bonds is 5. The molecule has 2 aliphatic heterocycles. The maximum Gasteiger partial charge on any atom is 0.0692 e. The zero-order chi connectivity index (χ0) is 17.0. The average molecular weight is 330 g/mol. The Morgan fingerprint density at radius 2 is 2.08 bits per heavy atom. The zero-order valence-electron chi connectivity index (χ0n) is 14.0. The summed E-state index contributed by atoms with van der Waals surface area (Å²) in [5.74, 6) is 0. The summed E-state index contributed by atoms with van der Waals surface area (Å²) in [6.07, 6.45) is 2.21. The summed E-state index contributed by atoms with van der Waals surface area (Å²) in [7, 11) is 0. The lowest BCUT2D eigenvalue weighted by Crippen LogP contribution is -2.43. The van der Waals surface area contributed by atoms with E-state index in [0.29, 0.717) is 39.0 Å². The van der Waals surface area contributed by atoms with E-state index in [9.17, 15) is 15.5 Å². The molecule has 1 fully saturated rings. The molecule has 0 aliphatic carbocycles. The summed E-state index contributed by atoms with van der Waals surface area (Å²) in [4.78, 5) is 2.15. The van der Waals surface area contributed by atoms with Gasteiger partial charge in [0.25, 0.3) is 0 Å². The van der Waals surface area contributed by atoms with Gasteiger partial charge in [-0.2, -0.15) is 5.26 Å². The summed E-state index contributed by atoms with van der Waals surface area (Å²) >= 11 is 0. The molecule has 2 atom stereocenters. The van der Waals surface area contributed by atoms with Gasteiger partial charge in [-0.25, -0.2) is 0 Å². The van der Waals surface area contributed by atoms with Crippen LogP contribution in [0.25, 0.3) is 0 Å². The number of nitrogens with zero attached hydrogens (tertiary/aromatic N) is 2. The van der Waals surface area contributed by atoms with Crippen LogP contribution in [0.15, 0.2) is 24.3 Å². The van der Waals surface area contributed by atoms with E-state index in [2.05, 4.69) is 23.1 Å². The molecule has 0 spiro atoms. The van der Waals surface area contributed by atoms with E-state index in [-0.39, 0.29) is 12.6 Å². The molecule has 2 heterocycles. The zero-order valence-corrected chi connectivity index (χ0v) is 14.0. The first-order valence-corrected chi connectivity index (χ1v) is 8.77. The normalized spacial score (nSPS) is 24.8. The molecule has 1 aromatic rings. The Morgan fingerprint density at radius 1 is 1.33 bits per heavy atom. The van der Waals surface area contributed by atoms with Crippen molar-refractivity contribution in [2.75, 3.05) is 32.9 Å². The highest BCUT2D eigenvalue weighted by molar-refractivity contribution is 5.32. The van der Waals surface area contributed by atoms with Crippen molar-refractivity contribution in [1.82, 2.24) is 4.90 Å². The van der Waals surface area contributed by atoms with Crippen LogP contribution in [0.4, 0.5) is 0 Å². The van der Waals surface area contributed by atoms with Crippen LogP contribution in [0.5, 0.6) is 0 Å². The Kier molecular flexibility index (Phi) is 5.52. The summed E-state index contributed by atoms with van der Waals surface area (Å²) < 4.78 is 5.36. The van der Waals surface area contributed by atoms with E-state index in [1.807, 2.05) is 12.1 Å². The van der Waals surface area contributed by atoms with Gasteiger partial charge >= 0.3 is 0 Å². The van der Waals surface area contributed by atoms with E-state index in [1.165, 1.54) is 5.56 Å². The number of aliphatic hydroxyl groups is 2. The van der Waals surface area contributed by atoms with Crippen molar-refractivity contribution < 1.29 is 14.9 Å². The van der Waals surface area contributed by atoms with Crippen molar-refractivity contribution in [3.63, 3.8) is 0 Å². The van der Waals surface area contributed by atoms with Crippen LogP contribution >= 0.6 is 0 Å². The van der Waals surface area contributed by atoms with Gasteiger partial charge < -0.3 is 14.9 Å². The van der Waals surface area contributed by atoms with Gasteiger partial charge in [0.05, 0.1) is 30.2 Å². The van der Waals surface area contributed by atoms with Gasteiger partial charge in [-0.1, -0.05) is 24.3 Å². The second-order valence-electron chi connectivity index (χ2n) is 7.00. The summed E-state index contributed by atoms with van der Waals surface area (Å²) in [6.45, 7) is 2.54. The third-order valence-electron chi connectivity index (χ3n) is 5.45. The summed E-state index contributed by atoms with van der Waals surface area (Å²) in [5, 5.41) is 30.0. The third kappa shape index (κ3) is 3.62. The molecule has 1 aromatic carbocycles. The molecular formula is C19H26N2O3. The molecule has 2 N–H and O–H groups in total. The second-order valence-corrected chi connectivity index (χ2v) is 7.00. The molecule has 24 heavy (non-hydrogen) atoms. The number of hydrogen-bond acceptors (Lipinski definition) is 5. The lowest BCUT2D eigenvalue weighted by Gasteiger charge is -2.39. The molecule has 0 aromatic heterocycles. The number of hydrogen-bond donors (Lipinski definition) is 2. The Hall–Kier alpha value is -1.45. The van der Waals surface area contributed by atoms with Gasteiger partial charge in [-0.3, -0.25) is 4.90 Å². The fourth-order valence-corrected chi connectivity index (χ4v) is 4.05. The predicted octanol–water partition coefficient (Wildman–Crippen LogP) is 1.65. The van der Waals surface area contributed by atoms with E-state index >= 15 is 0 Å². The lowest BCUT2D eigenvalue weighted by molar-refractivity contribution is -0.00274. The number of fused-ring (bicyclic) bond motifs is 1. The van der Waals surface area contributed by atoms with Gasteiger partial charge in [-0.05, 0) is 36.8 Å². The summed E-state index contributed by atoms with van der Waals surface area (Å²) in [6, 6.07) is 10.5. The quantitative estimate of drug-likeness (QED) is 0.858. The van der Waals surface area contributed by atoms with Crippen LogP contribution in [0.2, 0.25) is 0 Å². The van der Waals surface area contributed by atoms with Crippen LogP contribution in [0.3, 0.4) is 0 Å². The van der Waals surface area contributed by atoms with Crippen molar-refractivity contribution in [3.05, 3.63) is 35.4 Å². The standard InChI is InChI=1S/C19H26N2O3/c20-14-19(6-9-24-10-7-19)11-16(23)12-21-8-5-15-3-1-2-4-17(15)18(21)13-22/h1-4,16,18,22-23H,5-13H2. The molecule has 2 unspecified atom stereocenters. The Morgan fingerprint density at radius 3 is 2.79 bits per heavy atom. The van der Waals surface area contributed by atoms with Crippen LogP contribution < -0.4 is 0 Å². The highest BCUT2D eigenvalue weighted by atomic mass is 16.5. The van der Waals surface area contributed by atoms with Gasteiger partial charge in [-0.15, -0.1) is 0 Å². The minimum Gasteiger partial charge on any atom is -0.394 e. The molecular weight excluding hydrogens is 304 g/mol. The molecule has 2 aliphatic rings. The van der Waals surface area contributed by atoms with Crippen LogP contribution in [-0.2, 0) is 11.2 Å². The molecule has 0 amide bonds. The Bertz CT molecular complexity index is 593. The first-order valence-electron chi connectivity index (χ1n) is 8.77. The smallest absolute Gasteiger partial charge is 0.0692 e. The Labute approximate surface area is 143 Å². The maximum atomic E-state index is 10.6. The fourth-order valence-electron chi connectivity index (χ4n) is 4.05. The van der Waals surface area contributed by atoms with Crippen LogP contribution in [0.1, 0.15) is 36.4 Å².